The molecule has 0 aliphatic rings. The van der Waals surface area contributed by atoms with Crippen molar-refractivity contribution in [1.29, 1.82) is 0 Å². The molecule has 0 aromatic carbocycles. The van der Waals surface area contributed by atoms with Gasteiger partial charge in [0.05, 0.1) is 17.7 Å². The van der Waals surface area contributed by atoms with Gasteiger partial charge in [0.25, 0.3) is 6.43 Å². The number of esters is 1. The minimum absolute atomic E-state index is 0.126. The first-order valence-corrected chi connectivity index (χ1v) is 5.98. The van der Waals surface area contributed by atoms with E-state index in [0.717, 1.165) is 0 Å². The number of nitrogens with zero attached hydrogens (tertiary/aromatic N) is 1. The van der Waals surface area contributed by atoms with E-state index in [1.165, 1.54) is 29.5 Å². The third kappa shape index (κ3) is 3.51. The zero-order chi connectivity index (χ0) is 14.8. The lowest BCUT2D eigenvalue weighted by molar-refractivity contribution is -0.143. The largest absolute Gasteiger partial charge is 0.462 e. The predicted molar refractivity (Wildman–Crippen MR) is 62.9 cm³/mol. The lowest BCUT2D eigenvalue weighted by Gasteiger charge is -2.15. The second-order valence-corrected chi connectivity index (χ2v) is 4.42. The van der Waals surface area contributed by atoms with Crippen molar-refractivity contribution in [3.63, 3.8) is 0 Å². The van der Waals surface area contributed by atoms with E-state index in [9.17, 15) is 26.7 Å². The van der Waals surface area contributed by atoms with Crippen molar-refractivity contribution < 1.29 is 31.5 Å². The molecule has 106 valence electrons. The van der Waals surface area contributed by atoms with Gasteiger partial charge in [-0.25, -0.2) is 13.6 Å². The summed E-state index contributed by atoms with van der Waals surface area (Å²) < 4.78 is 67.9. The van der Waals surface area contributed by atoms with Crippen molar-refractivity contribution in [1.82, 2.24) is 4.98 Å². The fraction of sp³-hybridized carbons (Fsp3) is 0.400. The molecule has 3 nitrogen and oxygen atoms in total. The molecule has 0 saturated heterocycles. The van der Waals surface area contributed by atoms with Gasteiger partial charge in [-0.2, -0.15) is 13.2 Å². The fourth-order valence-electron chi connectivity index (χ4n) is 1.35. The Morgan fingerprint density at radius 1 is 1.47 bits per heavy atom. The highest BCUT2D eigenvalue weighted by molar-refractivity contribution is 14.1. The van der Waals surface area contributed by atoms with Crippen LogP contribution < -0.4 is 0 Å². The summed E-state index contributed by atoms with van der Waals surface area (Å²) in [6.45, 7) is 1.28. The number of hydrogen-bond donors (Lipinski definition) is 0. The first-order valence-electron chi connectivity index (χ1n) is 4.91. The van der Waals surface area contributed by atoms with Gasteiger partial charge in [-0.1, -0.05) is 0 Å². The van der Waals surface area contributed by atoms with E-state index < -0.39 is 35.4 Å². The molecule has 1 rings (SSSR count). The molecule has 0 aliphatic carbocycles. The van der Waals surface area contributed by atoms with E-state index in [-0.39, 0.29) is 10.2 Å². The van der Waals surface area contributed by atoms with Crippen LogP contribution in [0.1, 0.15) is 35.0 Å². The molecule has 9 heteroatoms. The van der Waals surface area contributed by atoms with E-state index in [4.69, 9.17) is 0 Å². The van der Waals surface area contributed by atoms with Crippen LogP contribution >= 0.6 is 22.6 Å². The third-order valence-corrected chi connectivity index (χ3v) is 2.85. The van der Waals surface area contributed by atoms with Gasteiger partial charge in [0.2, 0.25) is 0 Å². The zero-order valence-electron chi connectivity index (χ0n) is 9.39. The Labute approximate surface area is 118 Å². The van der Waals surface area contributed by atoms with Crippen LogP contribution in [0.3, 0.4) is 0 Å². The summed E-state index contributed by atoms with van der Waals surface area (Å²) in [5, 5.41) is 0. The first-order chi connectivity index (χ1) is 8.70. The van der Waals surface area contributed by atoms with Crippen molar-refractivity contribution in [3.8, 4) is 0 Å². The number of pyridine rings is 1. The van der Waals surface area contributed by atoms with Crippen LogP contribution in [-0.2, 0) is 10.9 Å². The normalized spacial score (nSPS) is 11.8. The van der Waals surface area contributed by atoms with Gasteiger partial charge >= 0.3 is 12.1 Å². The summed E-state index contributed by atoms with van der Waals surface area (Å²) in [4.78, 5) is 14.5. The number of rotatable bonds is 3. The van der Waals surface area contributed by atoms with Crippen molar-refractivity contribution in [2.45, 2.75) is 19.5 Å². The van der Waals surface area contributed by atoms with Crippen LogP contribution in [0.4, 0.5) is 22.0 Å². The summed E-state index contributed by atoms with van der Waals surface area (Å²) in [6.07, 6.45) is -7.85. The van der Waals surface area contributed by atoms with E-state index >= 15 is 0 Å². The average Bonchev–Trinajstić information content (AvgIpc) is 2.26. The molecule has 0 radical (unpaired) electrons. The second-order valence-electron chi connectivity index (χ2n) is 3.26. The summed E-state index contributed by atoms with van der Waals surface area (Å²) in [5.74, 6) is -1.23. The zero-order valence-corrected chi connectivity index (χ0v) is 11.6. The lowest BCUT2D eigenvalue weighted by atomic mass is 10.1. The highest BCUT2D eigenvalue weighted by Gasteiger charge is 2.41. The standard InChI is InChI=1S/C10H7F5INO2/c1-2-19-9(18)5-4(16)3-17-7(10(13,14)15)6(5)8(11)12/h3,8H,2H2,1H3. The average molecular weight is 395 g/mol. The minimum atomic E-state index is -5.07. The summed E-state index contributed by atoms with van der Waals surface area (Å²) >= 11 is 1.46. The minimum Gasteiger partial charge on any atom is -0.462 e. The number of aromatic nitrogens is 1. The molecule has 1 heterocycles. The topological polar surface area (TPSA) is 39.2 Å². The quantitative estimate of drug-likeness (QED) is 0.444. The second kappa shape index (κ2) is 5.97. The van der Waals surface area contributed by atoms with Crippen LogP contribution in [0.5, 0.6) is 0 Å². The van der Waals surface area contributed by atoms with Gasteiger partial charge in [-0.3, -0.25) is 4.98 Å². The van der Waals surface area contributed by atoms with Crippen molar-refractivity contribution >= 4 is 28.6 Å². The molecule has 0 unspecified atom stereocenters. The van der Waals surface area contributed by atoms with E-state index in [2.05, 4.69) is 9.72 Å². The SMILES string of the molecule is CCOC(=O)c1c(I)cnc(C(F)(F)F)c1C(F)F. The number of ether oxygens (including phenoxy) is 1. The van der Waals surface area contributed by atoms with E-state index in [1.54, 1.807) is 0 Å². The molecule has 0 aliphatic heterocycles. The summed E-state index contributed by atoms with van der Waals surface area (Å²) in [7, 11) is 0. The number of hydrogen-bond acceptors (Lipinski definition) is 3. The Morgan fingerprint density at radius 3 is 2.47 bits per heavy atom. The van der Waals surface area contributed by atoms with E-state index in [1.807, 2.05) is 0 Å². The van der Waals surface area contributed by atoms with Crippen LogP contribution in [0.15, 0.2) is 6.20 Å². The maximum absolute atomic E-state index is 12.8. The van der Waals surface area contributed by atoms with Crippen LogP contribution in [-0.4, -0.2) is 17.6 Å². The molecular weight excluding hydrogens is 388 g/mol. The molecule has 19 heavy (non-hydrogen) atoms. The van der Waals surface area contributed by atoms with E-state index in [0.29, 0.717) is 6.20 Å². The molecule has 0 spiro atoms. The lowest BCUT2D eigenvalue weighted by Crippen LogP contribution is -2.19. The molecule has 0 bridgehead atoms. The first kappa shape index (κ1) is 16.1. The smallest absolute Gasteiger partial charge is 0.433 e. The van der Waals surface area contributed by atoms with Crippen LogP contribution in [0.25, 0.3) is 0 Å². The van der Waals surface area contributed by atoms with Gasteiger partial charge in [0, 0.05) is 9.77 Å². The predicted octanol–water partition coefficient (Wildman–Crippen LogP) is 3.82. The van der Waals surface area contributed by atoms with Crippen molar-refractivity contribution in [3.05, 3.63) is 26.6 Å². The molecule has 1 aromatic rings. The Balaban J connectivity index is 3.56. The summed E-state index contributed by atoms with van der Waals surface area (Å²) in [5.41, 5.74) is -4.01. The molecule has 0 saturated carbocycles. The molecule has 0 fully saturated rings. The molecule has 0 atom stereocenters. The van der Waals surface area contributed by atoms with Gasteiger partial charge in [-0.05, 0) is 29.5 Å². The van der Waals surface area contributed by atoms with Gasteiger partial charge in [-0.15, -0.1) is 0 Å². The van der Waals surface area contributed by atoms with Crippen LogP contribution in [0, 0.1) is 3.57 Å². The van der Waals surface area contributed by atoms with Crippen LogP contribution in [0.2, 0.25) is 0 Å². The fourth-order valence-corrected chi connectivity index (χ4v) is 2.00. The Hall–Kier alpha value is -1.00. The monoisotopic (exact) mass is 395 g/mol. The Kier molecular flexibility index (Phi) is 5.04. The van der Waals surface area contributed by atoms with Gasteiger partial charge < -0.3 is 4.74 Å². The molecule has 0 amide bonds. The van der Waals surface area contributed by atoms with Gasteiger partial charge in [0.1, 0.15) is 0 Å². The summed E-state index contributed by atoms with van der Waals surface area (Å²) in [6, 6.07) is 0. The highest BCUT2D eigenvalue weighted by Crippen LogP contribution is 2.38. The third-order valence-electron chi connectivity index (χ3n) is 2.04. The maximum atomic E-state index is 12.8. The number of alkyl halides is 5. The number of carbonyl (C=O) groups is 1. The molecule has 0 N–H and O–H groups in total. The number of halogens is 6. The van der Waals surface area contributed by atoms with Crippen molar-refractivity contribution in [2.24, 2.45) is 0 Å². The highest BCUT2D eigenvalue weighted by atomic mass is 127. The number of carbonyl (C=O) groups excluding carboxylic acids is 1. The molecular formula is C10H7F5INO2. The van der Waals surface area contributed by atoms with Crippen molar-refractivity contribution in [2.75, 3.05) is 6.61 Å². The molecule has 1 aromatic heterocycles. The maximum Gasteiger partial charge on any atom is 0.433 e. The van der Waals surface area contributed by atoms with Gasteiger partial charge in [0.15, 0.2) is 5.69 Å². The Bertz CT molecular complexity index is 490. The Morgan fingerprint density at radius 2 is 2.05 bits per heavy atom.